The average Bonchev–Trinajstić information content (AvgIpc) is 2.93. The molecule has 1 aliphatic heterocycles. The molecule has 1 N–H and O–H groups in total. The van der Waals surface area contributed by atoms with E-state index >= 15 is 0 Å². The highest BCUT2D eigenvalue weighted by molar-refractivity contribution is 5.76. The lowest BCUT2D eigenvalue weighted by Crippen LogP contribution is -2.22. The number of aliphatic imine (C=N–C) groups is 1. The molecule has 0 radical (unpaired) electrons. The maximum atomic E-state index is 13.6. The maximum Gasteiger partial charge on any atom is 0.165 e. The van der Waals surface area contributed by atoms with Crippen LogP contribution in [0.15, 0.2) is 65.7 Å². The topological polar surface area (TPSA) is 32.6 Å². The Labute approximate surface area is 116 Å². The first-order chi connectivity index (χ1) is 9.70. The van der Waals surface area contributed by atoms with E-state index in [1.165, 1.54) is 12.1 Å². The van der Waals surface area contributed by atoms with Gasteiger partial charge in [-0.25, -0.2) is 4.39 Å². The van der Waals surface area contributed by atoms with Gasteiger partial charge in [0.15, 0.2) is 11.6 Å². The molecule has 0 spiro atoms. The number of hydrogen-bond acceptors (Lipinski definition) is 2. The molecule has 1 unspecified atom stereocenters. The molecule has 1 heterocycles. The summed E-state index contributed by atoms with van der Waals surface area (Å²) in [6.45, 7) is 0. The van der Waals surface area contributed by atoms with E-state index in [2.05, 4.69) is 4.99 Å². The van der Waals surface area contributed by atoms with Gasteiger partial charge in [0, 0.05) is 12.6 Å². The van der Waals surface area contributed by atoms with Crippen LogP contribution in [0.25, 0.3) is 0 Å². The minimum Gasteiger partial charge on any atom is -0.505 e. The Morgan fingerprint density at radius 1 is 1.10 bits per heavy atom. The molecule has 20 heavy (non-hydrogen) atoms. The van der Waals surface area contributed by atoms with Crippen LogP contribution in [0.1, 0.15) is 11.1 Å². The van der Waals surface area contributed by atoms with Gasteiger partial charge in [-0.15, -0.1) is 0 Å². The van der Waals surface area contributed by atoms with Crippen LogP contribution in [-0.4, -0.2) is 11.3 Å². The van der Waals surface area contributed by atoms with Crippen molar-refractivity contribution in [2.24, 2.45) is 4.99 Å². The molecule has 0 fully saturated rings. The third-order valence-corrected chi connectivity index (χ3v) is 3.53. The highest BCUT2D eigenvalue weighted by Crippen LogP contribution is 2.35. The third-order valence-electron chi connectivity index (χ3n) is 3.53. The fourth-order valence-electron chi connectivity index (χ4n) is 2.48. The Morgan fingerprint density at radius 3 is 2.55 bits per heavy atom. The maximum absolute atomic E-state index is 13.6. The molecule has 2 aromatic rings. The Bertz CT molecular complexity index is 665. The quantitative estimate of drug-likeness (QED) is 0.905. The van der Waals surface area contributed by atoms with Crippen LogP contribution in [-0.2, 0) is 12.0 Å². The smallest absolute Gasteiger partial charge is 0.165 e. The lowest BCUT2D eigenvalue weighted by molar-refractivity contribution is 0.429. The summed E-state index contributed by atoms with van der Waals surface area (Å²) >= 11 is 0. The van der Waals surface area contributed by atoms with E-state index in [9.17, 15) is 9.50 Å². The first-order valence-electron chi connectivity index (χ1n) is 6.46. The summed E-state index contributed by atoms with van der Waals surface area (Å²) in [4.78, 5) is 4.52. The lowest BCUT2D eigenvalue weighted by Gasteiger charge is -2.25. The van der Waals surface area contributed by atoms with E-state index in [-0.39, 0.29) is 5.75 Å². The molecule has 3 heteroatoms. The van der Waals surface area contributed by atoms with E-state index in [1.807, 2.05) is 42.5 Å². The third kappa shape index (κ3) is 2.23. The summed E-state index contributed by atoms with van der Waals surface area (Å²) in [5, 5.41) is 9.33. The van der Waals surface area contributed by atoms with Crippen LogP contribution in [0.5, 0.6) is 5.75 Å². The fourth-order valence-corrected chi connectivity index (χ4v) is 2.48. The van der Waals surface area contributed by atoms with Gasteiger partial charge in [-0.05, 0) is 29.3 Å². The zero-order valence-corrected chi connectivity index (χ0v) is 10.8. The molecule has 0 saturated heterocycles. The zero-order valence-electron chi connectivity index (χ0n) is 10.8. The van der Waals surface area contributed by atoms with Crippen molar-refractivity contribution in [2.75, 3.05) is 0 Å². The molecule has 1 aliphatic rings. The van der Waals surface area contributed by atoms with E-state index in [1.54, 1.807) is 12.3 Å². The van der Waals surface area contributed by atoms with Crippen LogP contribution in [0.3, 0.4) is 0 Å². The number of phenols is 1. The summed E-state index contributed by atoms with van der Waals surface area (Å²) in [6, 6.07) is 14.4. The van der Waals surface area contributed by atoms with Gasteiger partial charge in [0.05, 0.1) is 0 Å². The molecule has 0 amide bonds. The Hall–Kier alpha value is -2.42. The Kier molecular flexibility index (Phi) is 3.11. The average molecular weight is 267 g/mol. The highest BCUT2D eigenvalue weighted by Gasteiger charge is 2.31. The summed E-state index contributed by atoms with van der Waals surface area (Å²) < 4.78 is 13.6. The van der Waals surface area contributed by atoms with Crippen molar-refractivity contribution in [3.63, 3.8) is 0 Å². The number of hydrogen-bond donors (Lipinski definition) is 1. The second-order valence-electron chi connectivity index (χ2n) is 4.89. The summed E-state index contributed by atoms with van der Waals surface area (Å²) in [5.41, 5.74) is 1.28. The first kappa shape index (κ1) is 12.6. The van der Waals surface area contributed by atoms with Crippen molar-refractivity contribution < 1.29 is 9.50 Å². The van der Waals surface area contributed by atoms with Crippen LogP contribution in [0.4, 0.5) is 4.39 Å². The highest BCUT2D eigenvalue weighted by atomic mass is 19.1. The molecule has 0 aromatic heterocycles. The van der Waals surface area contributed by atoms with E-state index in [0.29, 0.717) is 6.42 Å². The van der Waals surface area contributed by atoms with Crippen molar-refractivity contribution >= 4 is 6.21 Å². The number of rotatable bonds is 3. The summed E-state index contributed by atoms with van der Waals surface area (Å²) in [5.74, 6) is -0.958. The van der Waals surface area contributed by atoms with Crippen molar-refractivity contribution in [2.45, 2.75) is 12.0 Å². The van der Waals surface area contributed by atoms with Crippen LogP contribution in [0, 0.1) is 5.82 Å². The van der Waals surface area contributed by atoms with Crippen molar-refractivity contribution in [3.8, 4) is 5.75 Å². The van der Waals surface area contributed by atoms with Crippen molar-refractivity contribution in [3.05, 3.63) is 77.6 Å². The molecule has 100 valence electrons. The van der Waals surface area contributed by atoms with Gasteiger partial charge < -0.3 is 5.11 Å². The van der Waals surface area contributed by atoms with Gasteiger partial charge in [0.25, 0.3) is 0 Å². The number of phenolic OH excluding ortho intramolecular Hbond substituents is 1. The van der Waals surface area contributed by atoms with E-state index in [0.717, 1.165) is 11.1 Å². The number of benzene rings is 2. The number of halogens is 1. The van der Waals surface area contributed by atoms with Gasteiger partial charge in [-0.2, -0.15) is 0 Å². The number of nitrogens with zero attached hydrogens (tertiary/aromatic N) is 1. The molecule has 0 aliphatic carbocycles. The van der Waals surface area contributed by atoms with Gasteiger partial charge >= 0.3 is 0 Å². The number of allylic oxidation sites excluding steroid dienone is 1. The molecule has 0 bridgehead atoms. The van der Waals surface area contributed by atoms with Gasteiger partial charge in [-0.1, -0.05) is 42.5 Å². The minimum absolute atomic E-state index is 0.338. The molecule has 3 rings (SSSR count). The lowest BCUT2D eigenvalue weighted by atomic mass is 9.85. The molecule has 0 saturated carbocycles. The second-order valence-corrected chi connectivity index (χ2v) is 4.89. The van der Waals surface area contributed by atoms with Crippen molar-refractivity contribution in [1.82, 2.24) is 0 Å². The Balaban J connectivity index is 2.02. The van der Waals surface area contributed by atoms with Gasteiger partial charge in [-0.3, -0.25) is 4.99 Å². The molecular formula is C17H14FNO. The molecule has 2 nitrogen and oxygen atoms in total. The molecule has 1 atom stereocenters. The summed E-state index contributed by atoms with van der Waals surface area (Å²) in [6.07, 6.45) is 6.22. The first-order valence-corrected chi connectivity index (χ1v) is 6.46. The number of aromatic hydroxyl groups is 1. The van der Waals surface area contributed by atoms with Gasteiger partial charge in [0.2, 0.25) is 0 Å². The van der Waals surface area contributed by atoms with E-state index in [4.69, 9.17) is 0 Å². The minimum atomic E-state index is -0.620. The van der Waals surface area contributed by atoms with E-state index < -0.39 is 11.4 Å². The van der Waals surface area contributed by atoms with Crippen LogP contribution >= 0.6 is 0 Å². The zero-order chi connectivity index (χ0) is 14.0. The SMILES string of the molecule is Oc1ccc(C2(Cc3ccccc3)C=CC=N2)cc1F. The molecule has 2 aromatic carbocycles. The van der Waals surface area contributed by atoms with Crippen molar-refractivity contribution in [1.29, 1.82) is 0 Å². The largest absolute Gasteiger partial charge is 0.505 e. The predicted octanol–water partition coefficient (Wildman–Crippen LogP) is 3.61. The monoisotopic (exact) mass is 267 g/mol. The van der Waals surface area contributed by atoms with Gasteiger partial charge in [0.1, 0.15) is 5.54 Å². The van der Waals surface area contributed by atoms with Crippen LogP contribution in [0.2, 0.25) is 0 Å². The molecular weight excluding hydrogens is 253 g/mol. The van der Waals surface area contributed by atoms with Crippen LogP contribution < -0.4 is 0 Å². The predicted molar refractivity (Wildman–Crippen MR) is 77.5 cm³/mol. The normalized spacial score (nSPS) is 20.4. The Morgan fingerprint density at radius 2 is 1.90 bits per heavy atom. The second kappa shape index (κ2) is 4.93. The standard InChI is InChI=1S/C17H14FNO/c18-15-11-14(7-8-16(15)20)17(9-4-10-19-17)12-13-5-2-1-3-6-13/h1-11,20H,12H2. The fraction of sp³-hybridized carbons (Fsp3) is 0.118. The summed E-state index contributed by atoms with van der Waals surface area (Å²) in [7, 11) is 0.